The third-order valence-corrected chi connectivity index (χ3v) is 5.11. The summed E-state index contributed by atoms with van der Waals surface area (Å²) in [4.78, 5) is 16.2. The van der Waals surface area contributed by atoms with E-state index in [9.17, 15) is 4.79 Å². The maximum absolute atomic E-state index is 12.0. The van der Waals surface area contributed by atoms with Crippen LogP contribution in [0.2, 0.25) is 4.82 Å². The second kappa shape index (κ2) is 3.89. The number of hydrogen-bond acceptors (Lipinski definition) is 2. The van der Waals surface area contributed by atoms with Crippen molar-refractivity contribution in [3.05, 3.63) is 48.5 Å². The molecule has 1 aliphatic heterocycles. The van der Waals surface area contributed by atoms with Crippen LogP contribution < -0.4 is 4.46 Å². The van der Waals surface area contributed by atoms with E-state index < -0.39 is 0 Å². The van der Waals surface area contributed by atoms with E-state index in [1.54, 1.807) is 6.20 Å². The summed E-state index contributed by atoms with van der Waals surface area (Å²) in [5.41, 5.74) is 0. The van der Waals surface area contributed by atoms with E-state index in [2.05, 4.69) is 17.1 Å². The quantitative estimate of drug-likeness (QED) is 0.764. The molecular weight excluding hydrogens is 267 g/mol. The maximum atomic E-state index is 12.0. The first-order chi connectivity index (χ1) is 7.84. The summed E-state index contributed by atoms with van der Waals surface area (Å²) >= 11 is 0.207. The Kier molecular flexibility index (Phi) is 2.39. The number of rotatable bonds is 2. The first-order valence-corrected chi connectivity index (χ1v) is 6.96. The summed E-state index contributed by atoms with van der Waals surface area (Å²) in [7, 11) is 0. The third kappa shape index (κ3) is 1.60. The van der Waals surface area contributed by atoms with Crippen LogP contribution in [0.5, 0.6) is 0 Å². The van der Waals surface area contributed by atoms with E-state index in [0.717, 1.165) is 6.54 Å². The summed E-state index contributed by atoms with van der Waals surface area (Å²) in [5.74, 6) is 0.830. The molecule has 0 amide bonds. The number of aromatic nitrogens is 2. The van der Waals surface area contributed by atoms with Crippen molar-refractivity contribution in [3.63, 3.8) is 0 Å². The van der Waals surface area contributed by atoms with E-state index in [4.69, 9.17) is 0 Å². The molecule has 1 aromatic heterocycles. The Morgan fingerprint density at radius 3 is 2.88 bits per heavy atom. The molecule has 0 saturated carbocycles. The van der Waals surface area contributed by atoms with Crippen LogP contribution in [0, 0.1) is 0 Å². The number of fused-ring (bicyclic) bond motifs is 1. The number of imidazole rings is 1. The van der Waals surface area contributed by atoms with Crippen LogP contribution in [0.4, 0.5) is 0 Å². The molecule has 0 fully saturated rings. The van der Waals surface area contributed by atoms with Crippen LogP contribution in [0.1, 0.15) is 10.6 Å². The molecule has 16 heavy (non-hydrogen) atoms. The van der Waals surface area contributed by atoms with Crippen LogP contribution in [0.3, 0.4) is 0 Å². The van der Waals surface area contributed by atoms with E-state index in [0.29, 0.717) is 5.82 Å². The fraction of sp³-hybridized carbons (Fsp3) is 0.167. The normalized spacial score (nSPS) is 18.8. The Labute approximate surface area is 99.7 Å². The first kappa shape index (κ1) is 9.82. The molecule has 0 N–H and O–H groups in total. The van der Waals surface area contributed by atoms with E-state index in [1.807, 2.05) is 29.0 Å². The molecule has 1 aliphatic rings. The van der Waals surface area contributed by atoms with Gasteiger partial charge in [-0.2, -0.15) is 0 Å². The molecule has 0 radical (unpaired) electrons. The van der Waals surface area contributed by atoms with Gasteiger partial charge >= 0.3 is 99.5 Å². The van der Waals surface area contributed by atoms with Gasteiger partial charge in [-0.25, -0.2) is 0 Å². The van der Waals surface area contributed by atoms with Crippen molar-refractivity contribution in [2.24, 2.45) is 0 Å². The summed E-state index contributed by atoms with van der Waals surface area (Å²) < 4.78 is 3.23. The van der Waals surface area contributed by atoms with Gasteiger partial charge in [-0.3, -0.25) is 0 Å². The molecule has 2 heterocycles. The molecule has 1 unspecified atom stereocenters. The zero-order chi connectivity index (χ0) is 11.0. The molecule has 1 aromatic carbocycles. The molecule has 0 aliphatic carbocycles. The Bertz CT molecular complexity index is 521. The Balaban J connectivity index is 1.80. The van der Waals surface area contributed by atoms with E-state index in [-0.39, 0.29) is 25.6 Å². The number of carbonyl (C=O) groups is 1. The van der Waals surface area contributed by atoms with Crippen molar-refractivity contribution in [2.45, 2.75) is 11.4 Å². The number of hydrogen-bond donors (Lipinski definition) is 0. The molecule has 0 saturated heterocycles. The molecule has 4 heteroatoms. The molecule has 0 bridgehead atoms. The standard InChI is InChI=1S/C12H10N2OSe/c15-11-10(8-14-7-6-13-12(11)14)16-9-4-2-1-3-5-9/h1-7,10H,8H2. The van der Waals surface area contributed by atoms with Gasteiger partial charge in [0.25, 0.3) is 0 Å². The molecule has 80 valence electrons. The Hall–Kier alpha value is -1.38. The second-order valence-electron chi connectivity index (χ2n) is 3.69. The van der Waals surface area contributed by atoms with Crippen molar-refractivity contribution in [3.8, 4) is 0 Å². The molecule has 2 aromatic rings. The Morgan fingerprint density at radius 2 is 2.12 bits per heavy atom. The van der Waals surface area contributed by atoms with Gasteiger partial charge in [-0.05, 0) is 0 Å². The summed E-state index contributed by atoms with van der Waals surface area (Å²) in [6.45, 7) is 0.795. The van der Waals surface area contributed by atoms with E-state index >= 15 is 0 Å². The van der Waals surface area contributed by atoms with Crippen LogP contribution >= 0.6 is 0 Å². The van der Waals surface area contributed by atoms with Gasteiger partial charge in [-0.15, -0.1) is 0 Å². The van der Waals surface area contributed by atoms with Crippen molar-refractivity contribution in [1.29, 1.82) is 0 Å². The number of ketones is 1. The van der Waals surface area contributed by atoms with Crippen molar-refractivity contribution in [1.82, 2.24) is 9.55 Å². The molecule has 1 atom stereocenters. The Morgan fingerprint density at radius 1 is 1.31 bits per heavy atom. The number of Topliss-reactive ketones (excluding diaryl/α,β-unsaturated/α-hetero) is 1. The fourth-order valence-corrected chi connectivity index (χ4v) is 4.13. The number of benzene rings is 1. The topological polar surface area (TPSA) is 34.9 Å². The predicted molar refractivity (Wildman–Crippen MR) is 62.1 cm³/mol. The summed E-state index contributed by atoms with van der Waals surface area (Å²) in [5, 5.41) is 0. The van der Waals surface area contributed by atoms with Gasteiger partial charge in [0.05, 0.1) is 0 Å². The fourth-order valence-electron chi connectivity index (χ4n) is 1.84. The molecule has 0 spiro atoms. The zero-order valence-corrected chi connectivity index (χ0v) is 10.2. The minimum absolute atomic E-state index is 0.124. The molecular formula is C12H10N2OSe. The average Bonchev–Trinajstić information content (AvgIpc) is 2.86. The average molecular weight is 277 g/mol. The van der Waals surface area contributed by atoms with Crippen LogP contribution in [0.15, 0.2) is 42.7 Å². The third-order valence-electron chi connectivity index (χ3n) is 2.61. The van der Waals surface area contributed by atoms with Crippen LogP contribution in [-0.2, 0) is 6.54 Å². The van der Waals surface area contributed by atoms with Gasteiger partial charge in [0.2, 0.25) is 0 Å². The van der Waals surface area contributed by atoms with Crippen LogP contribution in [-0.4, -0.2) is 30.3 Å². The number of carbonyl (C=O) groups excluding carboxylic acids is 1. The van der Waals surface area contributed by atoms with Gasteiger partial charge in [0, 0.05) is 0 Å². The summed E-state index contributed by atoms with van der Waals surface area (Å²) in [6, 6.07) is 10.2. The minimum atomic E-state index is 0.124. The second-order valence-corrected chi connectivity index (χ2v) is 6.36. The van der Waals surface area contributed by atoms with Gasteiger partial charge in [-0.1, -0.05) is 0 Å². The molecule has 3 nitrogen and oxygen atoms in total. The number of nitrogens with zero attached hydrogens (tertiary/aromatic N) is 2. The molecule has 3 rings (SSSR count). The van der Waals surface area contributed by atoms with E-state index in [1.165, 1.54) is 4.46 Å². The van der Waals surface area contributed by atoms with Crippen molar-refractivity contribution >= 4 is 25.2 Å². The van der Waals surface area contributed by atoms with Gasteiger partial charge in [0.1, 0.15) is 0 Å². The van der Waals surface area contributed by atoms with Crippen molar-refractivity contribution < 1.29 is 4.79 Å². The monoisotopic (exact) mass is 278 g/mol. The first-order valence-electron chi connectivity index (χ1n) is 5.11. The zero-order valence-electron chi connectivity index (χ0n) is 8.54. The van der Waals surface area contributed by atoms with Crippen molar-refractivity contribution in [2.75, 3.05) is 0 Å². The van der Waals surface area contributed by atoms with Crippen LogP contribution in [0.25, 0.3) is 0 Å². The van der Waals surface area contributed by atoms with Gasteiger partial charge in [0.15, 0.2) is 0 Å². The van der Waals surface area contributed by atoms with Gasteiger partial charge < -0.3 is 0 Å². The SMILES string of the molecule is O=C1c2nccn2CC1[Se]c1ccccc1. The summed E-state index contributed by atoms with van der Waals surface area (Å²) in [6.07, 6.45) is 3.58. The predicted octanol–water partition coefficient (Wildman–Crippen LogP) is 0.898.